The van der Waals surface area contributed by atoms with Crippen LogP contribution in [0.3, 0.4) is 0 Å². The lowest BCUT2D eigenvalue weighted by atomic mass is 9.94. The molecule has 1 aliphatic carbocycles. The molecule has 3 N–H and O–H groups in total. The molecule has 0 spiro atoms. The summed E-state index contributed by atoms with van der Waals surface area (Å²) in [6.07, 6.45) is 12.2. The van der Waals surface area contributed by atoms with Gasteiger partial charge in [0, 0.05) is 19.6 Å². The Morgan fingerprint density at radius 1 is 1.09 bits per heavy atom. The summed E-state index contributed by atoms with van der Waals surface area (Å²) in [5, 5.41) is 2.98. The molecular formula is C17H34BN3O2. The maximum atomic E-state index is 12.0. The highest BCUT2D eigenvalue weighted by atomic mass is 16.2. The highest BCUT2D eigenvalue weighted by molar-refractivity contribution is 6.19. The van der Waals surface area contributed by atoms with Crippen LogP contribution < -0.4 is 11.1 Å². The van der Waals surface area contributed by atoms with E-state index in [4.69, 9.17) is 5.73 Å². The Morgan fingerprint density at radius 3 is 2.26 bits per heavy atom. The van der Waals surface area contributed by atoms with E-state index in [1.165, 1.54) is 51.4 Å². The van der Waals surface area contributed by atoms with Crippen LogP contribution in [0.1, 0.15) is 57.8 Å². The summed E-state index contributed by atoms with van der Waals surface area (Å²) in [4.78, 5) is 25.3. The Bertz CT molecular complexity index is 343. The molecule has 0 atom stereocenters. The number of amides is 2. The zero-order chi connectivity index (χ0) is 16.9. The van der Waals surface area contributed by atoms with Crippen LogP contribution in [0.25, 0.3) is 0 Å². The van der Waals surface area contributed by atoms with Gasteiger partial charge in [0.05, 0.1) is 6.54 Å². The molecule has 23 heavy (non-hydrogen) atoms. The normalized spacial score (nSPS) is 16.9. The lowest BCUT2D eigenvalue weighted by Gasteiger charge is -2.21. The standard InChI is InChI=1S/C17H34BN3O2/c18-13-17(23)21(12-10-19)14-16(22)20-11-9-15-7-5-3-1-2-4-6-8-15/h15H,1-14,18-19H2,(H,20,22). The summed E-state index contributed by atoms with van der Waals surface area (Å²) in [7, 11) is 1.81. The molecule has 0 radical (unpaired) electrons. The Balaban J connectivity index is 2.26. The van der Waals surface area contributed by atoms with Crippen molar-refractivity contribution in [3.63, 3.8) is 0 Å². The predicted molar refractivity (Wildman–Crippen MR) is 97.0 cm³/mol. The molecule has 0 saturated heterocycles. The smallest absolute Gasteiger partial charge is 0.239 e. The molecule has 0 bridgehead atoms. The van der Waals surface area contributed by atoms with Crippen molar-refractivity contribution in [2.75, 3.05) is 26.2 Å². The van der Waals surface area contributed by atoms with Gasteiger partial charge in [0.2, 0.25) is 11.8 Å². The van der Waals surface area contributed by atoms with Crippen LogP contribution in [0.2, 0.25) is 6.32 Å². The maximum absolute atomic E-state index is 12.0. The van der Waals surface area contributed by atoms with E-state index in [2.05, 4.69) is 5.32 Å². The zero-order valence-electron chi connectivity index (χ0n) is 14.8. The van der Waals surface area contributed by atoms with Crippen molar-refractivity contribution in [1.82, 2.24) is 10.2 Å². The van der Waals surface area contributed by atoms with Crippen molar-refractivity contribution >= 4 is 19.7 Å². The molecule has 0 aromatic rings. The van der Waals surface area contributed by atoms with Gasteiger partial charge in [-0.25, -0.2) is 0 Å². The van der Waals surface area contributed by atoms with Gasteiger partial charge in [0.25, 0.3) is 0 Å². The summed E-state index contributed by atoms with van der Waals surface area (Å²) >= 11 is 0. The van der Waals surface area contributed by atoms with E-state index in [9.17, 15) is 9.59 Å². The molecule has 1 aliphatic rings. The van der Waals surface area contributed by atoms with E-state index in [0.717, 1.165) is 18.9 Å². The number of hydrogen-bond acceptors (Lipinski definition) is 3. The summed E-state index contributed by atoms with van der Waals surface area (Å²) < 4.78 is 0. The van der Waals surface area contributed by atoms with Gasteiger partial charge in [0.15, 0.2) is 0 Å². The summed E-state index contributed by atoms with van der Waals surface area (Å²) in [5.74, 6) is 0.663. The number of nitrogens with zero attached hydrogens (tertiary/aromatic N) is 1. The van der Waals surface area contributed by atoms with Gasteiger partial charge in [-0.1, -0.05) is 51.4 Å². The zero-order valence-corrected chi connectivity index (χ0v) is 14.8. The number of carbonyl (C=O) groups excluding carboxylic acids is 2. The highest BCUT2D eigenvalue weighted by Crippen LogP contribution is 2.23. The number of nitrogens with two attached hydrogens (primary N) is 1. The fourth-order valence-electron chi connectivity index (χ4n) is 3.32. The average Bonchev–Trinajstić information content (AvgIpc) is 2.67. The summed E-state index contributed by atoms with van der Waals surface area (Å²) in [5.41, 5.74) is 5.51. The fraction of sp³-hybridized carbons (Fsp3) is 0.882. The molecule has 0 heterocycles. The Morgan fingerprint density at radius 2 is 1.70 bits per heavy atom. The molecule has 0 aromatic heterocycles. The topological polar surface area (TPSA) is 75.4 Å². The minimum absolute atomic E-state index is 0.0122. The van der Waals surface area contributed by atoms with Crippen LogP contribution in [-0.2, 0) is 9.59 Å². The second-order valence-corrected chi connectivity index (χ2v) is 6.66. The van der Waals surface area contributed by atoms with Crippen LogP contribution >= 0.6 is 0 Å². The third kappa shape index (κ3) is 8.99. The van der Waals surface area contributed by atoms with Crippen LogP contribution in [-0.4, -0.2) is 50.7 Å². The Hall–Kier alpha value is -1.04. The SMILES string of the molecule is BCC(=O)N(CCN)CC(=O)NCCC1CCCCCCCC1. The molecule has 0 unspecified atom stereocenters. The quantitative estimate of drug-likeness (QED) is 0.657. The lowest BCUT2D eigenvalue weighted by molar-refractivity contribution is -0.134. The van der Waals surface area contributed by atoms with Gasteiger partial charge >= 0.3 is 0 Å². The minimum atomic E-state index is -0.0664. The van der Waals surface area contributed by atoms with Gasteiger partial charge < -0.3 is 16.0 Å². The molecular weight excluding hydrogens is 289 g/mol. The Labute approximate surface area is 142 Å². The van der Waals surface area contributed by atoms with Crippen LogP contribution in [0.5, 0.6) is 0 Å². The number of rotatable bonds is 8. The van der Waals surface area contributed by atoms with Crippen LogP contribution in [0.4, 0.5) is 0 Å². The van der Waals surface area contributed by atoms with Crippen molar-refractivity contribution in [3.05, 3.63) is 0 Å². The van der Waals surface area contributed by atoms with Crippen molar-refractivity contribution in [2.45, 2.75) is 64.1 Å². The largest absolute Gasteiger partial charge is 0.355 e. The molecule has 1 rings (SSSR count). The second kappa shape index (κ2) is 12.4. The van der Waals surface area contributed by atoms with Gasteiger partial charge in [-0.2, -0.15) is 0 Å². The van der Waals surface area contributed by atoms with Crippen molar-refractivity contribution in [1.29, 1.82) is 0 Å². The number of nitrogens with one attached hydrogen (secondary N) is 1. The Kier molecular flexibility index (Phi) is 10.8. The van der Waals surface area contributed by atoms with Crippen molar-refractivity contribution < 1.29 is 9.59 Å². The summed E-state index contributed by atoms with van der Waals surface area (Å²) in [6, 6.07) is 0. The van der Waals surface area contributed by atoms with E-state index in [0.29, 0.717) is 19.4 Å². The van der Waals surface area contributed by atoms with Crippen molar-refractivity contribution in [2.24, 2.45) is 11.7 Å². The minimum Gasteiger partial charge on any atom is -0.355 e. The first kappa shape index (κ1) is 20.0. The maximum Gasteiger partial charge on any atom is 0.239 e. The molecule has 0 aliphatic heterocycles. The number of hydrogen-bond donors (Lipinski definition) is 2. The molecule has 5 nitrogen and oxygen atoms in total. The first-order chi connectivity index (χ1) is 11.2. The van der Waals surface area contributed by atoms with E-state index >= 15 is 0 Å². The molecule has 0 aromatic carbocycles. The van der Waals surface area contributed by atoms with Gasteiger partial charge in [-0.05, 0) is 18.7 Å². The van der Waals surface area contributed by atoms with Gasteiger partial charge in [-0.15, -0.1) is 0 Å². The molecule has 1 fully saturated rings. The first-order valence-electron chi connectivity index (χ1n) is 9.42. The van der Waals surface area contributed by atoms with E-state index < -0.39 is 0 Å². The van der Waals surface area contributed by atoms with Crippen LogP contribution in [0.15, 0.2) is 0 Å². The average molecular weight is 323 g/mol. The molecule has 2 amide bonds. The van der Waals surface area contributed by atoms with Gasteiger partial charge in [0.1, 0.15) is 7.85 Å². The third-order valence-electron chi connectivity index (χ3n) is 4.74. The van der Waals surface area contributed by atoms with E-state index in [-0.39, 0.29) is 18.4 Å². The van der Waals surface area contributed by atoms with Crippen LogP contribution in [0, 0.1) is 5.92 Å². The van der Waals surface area contributed by atoms with Gasteiger partial charge in [-0.3, -0.25) is 9.59 Å². The molecule has 132 valence electrons. The monoisotopic (exact) mass is 323 g/mol. The van der Waals surface area contributed by atoms with Crippen molar-refractivity contribution in [3.8, 4) is 0 Å². The summed E-state index contributed by atoms with van der Waals surface area (Å²) in [6.45, 7) is 1.69. The lowest BCUT2D eigenvalue weighted by Crippen LogP contribution is -2.43. The highest BCUT2D eigenvalue weighted by Gasteiger charge is 2.15. The van der Waals surface area contributed by atoms with E-state index in [1.54, 1.807) is 12.7 Å². The first-order valence-corrected chi connectivity index (χ1v) is 9.42. The molecule has 1 saturated carbocycles. The van der Waals surface area contributed by atoms with E-state index in [1.807, 2.05) is 0 Å². The third-order valence-corrected chi connectivity index (χ3v) is 4.74. The molecule has 6 heteroatoms. The second-order valence-electron chi connectivity index (χ2n) is 6.66. The fourth-order valence-corrected chi connectivity index (χ4v) is 3.32. The predicted octanol–water partition coefficient (Wildman–Crippen LogP) is 1.08. The number of carbonyl (C=O) groups is 2.